The Bertz CT molecular complexity index is 559. The highest BCUT2D eigenvalue weighted by atomic mass is 127. The molecular weight excluding hydrogens is 443 g/mol. The summed E-state index contributed by atoms with van der Waals surface area (Å²) in [6, 6.07) is 7.97. The van der Waals surface area contributed by atoms with Crippen molar-refractivity contribution in [1.29, 1.82) is 0 Å². The zero-order chi connectivity index (χ0) is 18.7. The fourth-order valence-electron chi connectivity index (χ4n) is 2.06. The maximum Gasteiger partial charge on any atom is 0.227 e. The molecule has 0 unspecified atom stereocenters. The Morgan fingerprint density at radius 1 is 1.08 bits per heavy atom. The molecule has 0 aliphatic carbocycles. The van der Waals surface area contributed by atoms with Crippen LogP contribution in [0.1, 0.15) is 33.3 Å². The molecule has 0 bridgehead atoms. The van der Waals surface area contributed by atoms with Crippen LogP contribution in [0, 0.1) is 12.3 Å². The molecule has 148 valence electrons. The van der Waals surface area contributed by atoms with Gasteiger partial charge in [0.15, 0.2) is 5.96 Å². The molecule has 1 rings (SSSR count). The number of guanidine groups is 1. The van der Waals surface area contributed by atoms with Crippen molar-refractivity contribution in [2.24, 2.45) is 10.4 Å². The summed E-state index contributed by atoms with van der Waals surface area (Å²) in [5.74, 6) is 1.55. The van der Waals surface area contributed by atoms with Crippen molar-refractivity contribution in [2.45, 2.75) is 34.6 Å². The number of aryl methyl sites for hydroxylation is 1. The van der Waals surface area contributed by atoms with Gasteiger partial charge in [0.25, 0.3) is 0 Å². The lowest BCUT2D eigenvalue weighted by molar-refractivity contribution is -0.128. The van der Waals surface area contributed by atoms with E-state index >= 15 is 0 Å². The fraction of sp³-hybridized carbons (Fsp3) is 0.579. The molecule has 3 N–H and O–H groups in total. The van der Waals surface area contributed by atoms with Crippen molar-refractivity contribution in [3.8, 4) is 5.75 Å². The number of hydrogen-bond donors (Lipinski definition) is 3. The summed E-state index contributed by atoms with van der Waals surface area (Å²) in [6.07, 6.45) is 0. The first kappa shape index (κ1) is 24.5. The lowest BCUT2D eigenvalue weighted by atomic mass is 9.92. The van der Waals surface area contributed by atoms with Gasteiger partial charge in [0.1, 0.15) is 12.4 Å². The van der Waals surface area contributed by atoms with Gasteiger partial charge in [-0.05, 0) is 46.8 Å². The van der Waals surface area contributed by atoms with E-state index in [0.717, 1.165) is 12.3 Å². The number of nitrogens with zero attached hydrogens (tertiary/aromatic N) is 1. The van der Waals surface area contributed by atoms with E-state index in [1.54, 1.807) is 0 Å². The SMILES string of the molecule is CCNC(=O)C(C)(C)CN=C(NCC)NCCOc1ccc(C)cc1.I. The van der Waals surface area contributed by atoms with Gasteiger partial charge < -0.3 is 20.7 Å². The summed E-state index contributed by atoms with van der Waals surface area (Å²) in [7, 11) is 0. The zero-order valence-electron chi connectivity index (χ0n) is 16.5. The topological polar surface area (TPSA) is 74.8 Å². The predicted octanol–water partition coefficient (Wildman–Crippen LogP) is 2.71. The van der Waals surface area contributed by atoms with Crippen LogP contribution in [0.3, 0.4) is 0 Å². The molecular formula is C19H33IN4O2. The maximum atomic E-state index is 12.0. The van der Waals surface area contributed by atoms with E-state index in [-0.39, 0.29) is 29.9 Å². The highest BCUT2D eigenvalue weighted by molar-refractivity contribution is 14.0. The van der Waals surface area contributed by atoms with Crippen LogP contribution in [-0.2, 0) is 4.79 Å². The number of nitrogens with one attached hydrogen (secondary N) is 3. The van der Waals surface area contributed by atoms with E-state index in [1.807, 2.05) is 58.9 Å². The largest absolute Gasteiger partial charge is 0.492 e. The van der Waals surface area contributed by atoms with Crippen molar-refractivity contribution in [3.63, 3.8) is 0 Å². The summed E-state index contributed by atoms with van der Waals surface area (Å²) in [4.78, 5) is 16.6. The van der Waals surface area contributed by atoms with Crippen LogP contribution in [0.5, 0.6) is 5.75 Å². The number of carbonyl (C=O) groups excluding carboxylic acids is 1. The van der Waals surface area contributed by atoms with Gasteiger partial charge in [-0.2, -0.15) is 0 Å². The molecule has 0 heterocycles. The minimum absolute atomic E-state index is 0. The number of amides is 1. The second kappa shape index (κ2) is 12.8. The van der Waals surface area contributed by atoms with Crippen molar-refractivity contribution in [1.82, 2.24) is 16.0 Å². The number of benzene rings is 1. The zero-order valence-corrected chi connectivity index (χ0v) is 18.8. The summed E-state index contributed by atoms with van der Waals surface area (Å²) in [6.45, 7) is 12.7. The Hall–Kier alpha value is -1.51. The maximum absolute atomic E-state index is 12.0. The van der Waals surface area contributed by atoms with Gasteiger partial charge in [-0.1, -0.05) is 17.7 Å². The number of rotatable bonds is 9. The molecule has 1 amide bonds. The Morgan fingerprint density at radius 3 is 2.27 bits per heavy atom. The number of ether oxygens (including phenoxy) is 1. The lowest BCUT2D eigenvalue weighted by Crippen LogP contribution is -2.42. The second-order valence-electron chi connectivity index (χ2n) is 6.53. The van der Waals surface area contributed by atoms with E-state index in [0.29, 0.717) is 32.2 Å². The van der Waals surface area contributed by atoms with E-state index < -0.39 is 5.41 Å². The molecule has 6 nitrogen and oxygen atoms in total. The first-order valence-corrected chi connectivity index (χ1v) is 8.89. The van der Waals surface area contributed by atoms with Crippen LogP contribution in [-0.4, -0.2) is 44.7 Å². The molecule has 0 saturated heterocycles. The number of hydrogen-bond acceptors (Lipinski definition) is 3. The average molecular weight is 476 g/mol. The lowest BCUT2D eigenvalue weighted by Gasteiger charge is -2.22. The van der Waals surface area contributed by atoms with Crippen molar-refractivity contribution >= 4 is 35.8 Å². The fourth-order valence-corrected chi connectivity index (χ4v) is 2.06. The highest BCUT2D eigenvalue weighted by Crippen LogP contribution is 2.15. The van der Waals surface area contributed by atoms with Crippen LogP contribution >= 0.6 is 24.0 Å². The van der Waals surface area contributed by atoms with Gasteiger partial charge in [-0.15, -0.1) is 24.0 Å². The Balaban J connectivity index is 0.00000625. The van der Waals surface area contributed by atoms with Gasteiger partial charge in [0.2, 0.25) is 5.91 Å². The Morgan fingerprint density at radius 2 is 1.69 bits per heavy atom. The van der Waals surface area contributed by atoms with E-state index in [2.05, 4.69) is 20.9 Å². The minimum Gasteiger partial charge on any atom is -0.492 e. The molecule has 0 saturated carbocycles. The molecule has 0 aromatic heterocycles. The summed E-state index contributed by atoms with van der Waals surface area (Å²) in [5, 5.41) is 9.26. The van der Waals surface area contributed by atoms with Crippen LogP contribution in [0.15, 0.2) is 29.3 Å². The van der Waals surface area contributed by atoms with Crippen LogP contribution in [0.2, 0.25) is 0 Å². The molecule has 0 fully saturated rings. The summed E-state index contributed by atoms with van der Waals surface area (Å²) < 4.78 is 5.70. The monoisotopic (exact) mass is 476 g/mol. The standard InChI is InChI=1S/C19H32N4O2.HI/c1-6-20-17(24)19(4,5)14-23-18(21-7-2)22-12-13-25-16-10-8-15(3)9-11-16;/h8-11H,6-7,12-14H2,1-5H3,(H,20,24)(H2,21,22,23);1H. The van der Waals surface area contributed by atoms with Crippen LogP contribution in [0.4, 0.5) is 0 Å². The Labute approximate surface area is 174 Å². The molecule has 7 heteroatoms. The summed E-state index contributed by atoms with van der Waals surface area (Å²) >= 11 is 0. The van der Waals surface area contributed by atoms with Gasteiger partial charge in [-0.25, -0.2) is 0 Å². The summed E-state index contributed by atoms with van der Waals surface area (Å²) in [5.41, 5.74) is 0.665. The Kier molecular flexibility index (Phi) is 12.0. The van der Waals surface area contributed by atoms with Crippen LogP contribution in [0.25, 0.3) is 0 Å². The third kappa shape index (κ3) is 9.26. The van der Waals surface area contributed by atoms with Crippen molar-refractivity contribution in [3.05, 3.63) is 29.8 Å². The first-order chi connectivity index (χ1) is 11.9. The predicted molar refractivity (Wildman–Crippen MR) is 119 cm³/mol. The number of aliphatic imine (C=N–C) groups is 1. The molecule has 26 heavy (non-hydrogen) atoms. The molecule has 0 radical (unpaired) electrons. The molecule has 1 aromatic carbocycles. The van der Waals surface area contributed by atoms with Gasteiger partial charge >= 0.3 is 0 Å². The smallest absolute Gasteiger partial charge is 0.227 e. The molecule has 0 aliphatic heterocycles. The first-order valence-electron chi connectivity index (χ1n) is 8.89. The average Bonchev–Trinajstić information content (AvgIpc) is 2.58. The quantitative estimate of drug-likeness (QED) is 0.222. The van der Waals surface area contributed by atoms with Gasteiger partial charge in [0.05, 0.1) is 18.5 Å². The second-order valence-corrected chi connectivity index (χ2v) is 6.53. The van der Waals surface area contributed by atoms with Crippen molar-refractivity contribution < 1.29 is 9.53 Å². The van der Waals surface area contributed by atoms with E-state index in [4.69, 9.17) is 4.74 Å². The highest BCUT2D eigenvalue weighted by Gasteiger charge is 2.26. The molecule has 0 atom stereocenters. The molecule has 0 spiro atoms. The third-order valence-corrected chi connectivity index (χ3v) is 3.61. The van der Waals surface area contributed by atoms with E-state index in [1.165, 1.54) is 5.56 Å². The number of carbonyl (C=O) groups is 1. The van der Waals surface area contributed by atoms with E-state index in [9.17, 15) is 4.79 Å². The normalized spacial score (nSPS) is 11.3. The molecule has 1 aromatic rings. The minimum atomic E-state index is -0.545. The van der Waals surface area contributed by atoms with Gasteiger partial charge in [0, 0.05) is 13.1 Å². The molecule has 0 aliphatic rings. The van der Waals surface area contributed by atoms with Crippen LogP contribution < -0.4 is 20.7 Å². The number of halogens is 1. The van der Waals surface area contributed by atoms with Crippen molar-refractivity contribution in [2.75, 3.05) is 32.8 Å². The third-order valence-electron chi connectivity index (χ3n) is 3.61. The van der Waals surface area contributed by atoms with Gasteiger partial charge in [-0.3, -0.25) is 9.79 Å².